The van der Waals surface area contributed by atoms with E-state index in [1.54, 1.807) is 23.6 Å². The van der Waals surface area contributed by atoms with Gasteiger partial charge >= 0.3 is 0 Å². The molecule has 29 heavy (non-hydrogen) atoms. The van der Waals surface area contributed by atoms with Crippen molar-refractivity contribution in [3.05, 3.63) is 62.6 Å². The summed E-state index contributed by atoms with van der Waals surface area (Å²) in [5.74, 6) is 0.331. The van der Waals surface area contributed by atoms with Gasteiger partial charge in [0.25, 0.3) is 5.69 Å². The van der Waals surface area contributed by atoms with E-state index in [0.29, 0.717) is 21.7 Å². The topological polar surface area (TPSA) is 103 Å². The minimum atomic E-state index is -0.553. The second-order valence-electron chi connectivity index (χ2n) is 6.04. The van der Waals surface area contributed by atoms with Gasteiger partial charge < -0.3 is 9.88 Å². The third-order valence-electron chi connectivity index (χ3n) is 4.01. The molecule has 0 unspecified atom stereocenters. The summed E-state index contributed by atoms with van der Waals surface area (Å²) in [5, 5.41) is 22.6. The van der Waals surface area contributed by atoms with E-state index in [1.165, 1.54) is 30.0 Å². The Kier molecular flexibility index (Phi) is 6.41. The fourth-order valence-corrected chi connectivity index (χ4v) is 3.60. The molecule has 1 aromatic heterocycles. The van der Waals surface area contributed by atoms with Crippen molar-refractivity contribution in [1.29, 1.82) is 0 Å². The number of anilines is 1. The molecule has 0 aliphatic carbocycles. The van der Waals surface area contributed by atoms with Crippen LogP contribution in [0.2, 0.25) is 10.0 Å². The van der Waals surface area contributed by atoms with E-state index < -0.39 is 10.2 Å². The van der Waals surface area contributed by atoms with Crippen molar-refractivity contribution in [3.8, 4) is 11.4 Å². The number of benzene rings is 2. The summed E-state index contributed by atoms with van der Waals surface area (Å²) in [4.78, 5) is 22.7. The van der Waals surface area contributed by atoms with Crippen molar-refractivity contribution in [2.75, 3.05) is 5.32 Å². The number of nitro benzene ring substituents is 1. The number of nitrogens with one attached hydrogen (secondary N) is 1. The van der Waals surface area contributed by atoms with Crippen molar-refractivity contribution < 1.29 is 9.72 Å². The fourth-order valence-electron chi connectivity index (χ4n) is 2.43. The quantitative estimate of drug-likeness (QED) is 0.327. The largest absolute Gasteiger partial charge is 0.324 e. The first-order valence-corrected chi connectivity index (χ1v) is 9.96. The number of carbonyl (C=O) groups excluding carboxylic acids is 1. The Balaban J connectivity index is 1.70. The highest BCUT2D eigenvalue weighted by Crippen LogP contribution is 2.29. The van der Waals surface area contributed by atoms with Crippen LogP contribution in [0.5, 0.6) is 0 Å². The van der Waals surface area contributed by atoms with Crippen LogP contribution in [0, 0.1) is 10.1 Å². The normalized spacial score (nSPS) is 11.9. The van der Waals surface area contributed by atoms with Crippen molar-refractivity contribution in [1.82, 2.24) is 14.8 Å². The second kappa shape index (κ2) is 8.81. The van der Waals surface area contributed by atoms with Gasteiger partial charge in [-0.15, -0.1) is 10.2 Å². The molecule has 11 heteroatoms. The molecule has 0 saturated heterocycles. The molecule has 1 N–H and O–H groups in total. The Bertz CT molecular complexity index is 1070. The average Bonchev–Trinajstić information content (AvgIpc) is 3.04. The van der Waals surface area contributed by atoms with E-state index in [9.17, 15) is 14.9 Å². The van der Waals surface area contributed by atoms with Crippen LogP contribution in [0.4, 0.5) is 11.4 Å². The Hall–Kier alpha value is -2.62. The first kappa shape index (κ1) is 21.1. The molecule has 0 aliphatic heterocycles. The molecule has 2 aromatic carbocycles. The number of nitro groups is 1. The predicted octanol–water partition coefficient (Wildman–Crippen LogP) is 4.82. The third kappa shape index (κ3) is 4.87. The van der Waals surface area contributed by atoms with Crippen LogP contribution < -0.4 is 5.32 Å². The number of rotatable bonds is 6. The smallest absolute Gasteiger partial charge is 0.271 e. The van der Waals surface area contributed by atoms with E-state index in [0.717, 1.165) is 5.56 Å². The minimum Gasteiger partial charge on any atom is -0.324 e. The standard InChI is InChI=1S/C18H15Cl2N5O3S/c1-10(17(26)21-15-8-7-13(25(27)28)9-14(15)20)29-18-23-22-16(24(18)2)11-3-5-12(19)6-4-11/h3-10H,1-2H3,(H,21,26)/t10-/m0/s1. The zero-order valence-corrected chi connectivity index (χ0v) is 17.6. The molecule has 0 bridgehead atoms. The van der Waals surface area contributed by atoms with Crippen LogP contribution in [0.25, 0.3) is 11.4 Å². The SMILES string of the molecule is C[C@H](Sc1nnc(-c2ccc(Cl)cc2)n1C)C(=O)Nc1ccc([N+](=O)[O-])cc1Cl. The number of carbonyl (C=O) groups is 1. The number of hydrogen-bond donors (Lipinski definition) is 1. The van der Waals surface area contributed by atoms with Gasteiger partial charge in [0.2, 0.25) is 5.91 Å². The van der Waals surface area contributed by atoms with E-state index in [1.807, 2.05) is 19.2 Å². The molecule has 0 saturated carbocycles. The molecular formula is C18H15Cl2N5O3S. The summed E-state index contributed by atoms with van der Waals surface area (Å²) in [6.07, 6.45) is 0. The molecule has 3 aromatic rings. The second-order valence-corrected chi connectivity index (χ2v) is 8.19. The molecule has 8 nitrogen and oxygen atoms in total. The monoisotopic (exact) mass is 451 g/mol. The van der Waals surface area contributed by atoms with Crippen LogP contribution >= 0.6 is 35.0 Å². The summed E-state index contributed by atoms with van der Waals surface area (Å²) in [6.45, 7) is 1.72. The molecule has 3 rings (SSSR count). The molecule has 1 amide bonds. The Morgan fingerprint density at radius 1 is 1.21 bits per heavy atom. The first-order valence-electron chi connectivity index (χ1n) is 8.33. The van der Waals surface area contributed by atoms with Crippen LogP contribution in [-0.2, 0) is 11.8 Å². The Morgan fingerprint density at radius 2 is 1.90 bits per heavy atom. The lowest BCUT2D eigenvalue weighted by Crippen LogP contribution is -2.23. The molecule has 0 radical (unpaired) electrons. The highest BCUT2D eigenvalue weighted by Gasteiger charge is 2.21. The maximum Gasteiger partial charge on any atom is 0.271 e. The zero-order chi connectivity index (χ0) is 21.1. The average molecular weight is 452 g/mol. The highest BCUT2D eigenvalue weighted by atomic mass is 35.5. The van der Waals surface area contributed by atoms with E-state index in [-0.39, 0.29) is 16.6 Å². The maximum atomic E-state index is 12.5. The van der Waals surface area contributed by atoms with Crippen molar-refractivity contribution in [3.63, 3.8) is 0 Å². The number of aromatic nitrogens is 3. The molecular weight excluding hydrogens is 437 g/mol. The summed E-state index contributed by atoms with van der Waals surface area (Å²) in [6, 6.07) is 11.1. The van der Waals surface area contributed by atoms with Crippen molar-refractivity contribution >= 4 is 52.2 Å². The van der Waals surface area contributed by atoms with Gasteiger partial charge in [-0.2, -0.15) is 0 Å². The third-order valence-corrected chi connectivity index (χ3v) is 5.71. The van der Waals surface area contributed by atoms with E-state index in [4.69, 9.17) is 23.2 Å². The van der Waals surface area contributed by atoms with Crippen LogP contribution in [0.15, 0.2) is 47.6 Å². The Labute approximate surface area is 180 Å². The molecule has 1 heterocycles. The molecule has 0 aliphatic rings. The van der Waals surface area contributed by atoms with Gasteiger partial charge in [0.1, 0.15) is 0 Å². The summed E-state index contributed by atoms with van der Waals surface area (Å²) in [7, 11) is 1.81. The number of hydrogen-bond acceptors (Lipinski definition) is 6. The van der Waals surface area contributed by atoms with E-state index in [2.05, 4.69) is 15.5 Å². The van der Waals surface area contributed by atoms with Gasteiger partial charge in [0.05, 0.1) is 20.9 Å². The van der Waals surface area contributed by atoms with Crippen molar-refractivity contribution in [2.45, 2.75) is 17.3 Å². The molecule has 150 valence electrons. The lowest BCUT2D eigenvalue weighted by atomic mass is 10.2. The summed E-state index contributed by atoms with van der Waals surface area (Å²) in [5.41, 5.74) is 1.00. The predicted molar refractivity (Wildman–Crippen MR) is 114 cm³/mol. The highest BCUT2D eigenvalue weighted by molar-refractivity contribution is 8.00. The lowest BCUT2D eigenvalue weighted by Gasteiger charge is -2.12. The summed E-state index contributed by atoms with van der Waals surface area (Å²) < 4.78 is 1.79. The fraction of sp³-hybridized carbons (Fsp3) is 0.167. The maximum absolute atomic E-state index is 12.5. The van der Waals surface area contributed by atoms with Crippen LogP contribution in [0.1, 0.15) is 6.92 Å². The number of amides is 1. The van der Waals surface area contributed by atoms with Gasteiger partial charge in [0, 0.05) is 29.8 Å². The van der Waals surface area contributed by atoms with E-state index >= 15 is 0 Å². The number of non-ortho nitro benzene ring substituents is 1. The van der Waals surface area contributed by atoms with Crippen LogP contribution in [-0.4, -0.2) is 30.8 Å². The molecule has 0 spiro atoms. The molecule has 0 fully saturated rings. The number of nitrogens with zero attached hydrogens (tertiary/aromatic N) is 4. The van der Waals surface area contributed by atoms with Gasteiger partial charge in [-0.25, -0.2) is 0 Å². The zero-order valence-electron chi connectivity index (χ0n) is 15.3. The van der Waals surface area contributed by atoms with Crippen molar-refractivity contribution in [2.24, 2.45) is 7.05 Å². The van der Waals surface area contributed by atoms with Gasteiger partial charge in [0.15, 0.2) is 11.0 Å². The minimum absolute atomic E-state index is 0.0911. The Morgan fingerprint density at radius 3 is 2.52 bits per heavy atom. The summed E-state index contributed by atoms with van der Waals surface area (Å²) >= 11 is 13.2. The molecule has 1 atom stereocenters. The van der Waals surface area contributed by atoms with Crippen LogP contribution in [0.3, 0.4) is 0 Å². The number of thioether (sulfide) groups is 1. The van der Waals surface area contributed by atoms with Gasteiger partial charge in [-0.3, -0.25) is 14.9 Å². The number of halogens is 2. The lowest BCUT2D eigenvalue weighted by molar-refractivity contribution is -0.384. The first-order chi connectivity index (χ1) is 13.8. The van der Waals surface area contributed by atoms with Gasteiger partial charge in [-0.1, -0.05) is 35.0 Å². The van der Waals surface area contributed by atoms with Gasteiger partial charge in [-0.05, 0) is 37.3 Å².